The molecule has 0 aliphatic heterocycles. The molecule has 18 heavy (non-hydrogen) atoms. The summed E-state index contributed by atoms with van der Waals surface area (Å²) in [6, 6.07) is 0. The molecule has 1 aliphatic rings. The van der Waals surface area contributed by atoms with Crippen molar-refractivity contribution in [3.05, 3.63) is 12.2 Å². The van der Waals surface area contributed by atoms with Crippen LogP contribution in [0.25, 0.3) is 0 Å². The van der Waals surface area contributed by atoms with E-state index in [1.807, 2.05) is 0 Å². The van der Waals surface area contributed by atoms with Crippen molar-refractivity contribution in [2.45, 2.75) is 39.5 Å². The summed E-state index contributed by atoms with van der Waals surface area (Å²) >= 11 is 0. The second kappa shape index (κ2) is 7.90. The number of allylic oxidation sites excluding steroid dienone is 2. The van der Waals surface area contributed by atoms with Gasteiger partial charge in [-0.1, -0.05) is 12.2 Å². The van der Waals surface area contributed by atoms with Gasteiger partial charge in [0.25, 0.3) is 0 Å². The molecule has 0 radical (unpaired) electrons. The number of hydrogen-bond donors (Lipinski definition) is 0. The molecule has 0 N–H and O–H groups in total. The minimum Gasteiger partial charge on any atom is -0.465 e. The first-order chi connectivity index (χ1) is 8.69. The standard InChI is InChI=1S/C14H22O4/c1-3-17-13(15)12(14(16)18-4-2)10-11-8-6-5-7-9-11/h5-6,11-12H,3-4,7-10H2,1-2H3. The zero-order chi connectivity index (χ0) is 13.4. The van der Waals surface area contributed by atoms with Crippen LogP contribution < -0.4 is 0 Å². The molecule has 1 aliphatic carbocycles. The highest BCUT2D eigenvalue weighted by atomic mass is 16.6. The van der Waals surface area contributed by atoms with Gasteiger partial charge in [0.05, 0.1) is 13.2 Å². The second-order valence-electron chi connectivity index (χ2n) is 4.44. The van der Waals surface area contributed by atoms with Crippen LogP contribution in [0.2, 0.25) is 0 Å². The molecular weight excluding hydrogens is 232 g/mol. The molecule has 4 heteroatoms. The van der Waals surface area contributed by atoms with E-state index < -0.39 is 17.9 Å². The molecule has 102 valence electrons. The van der Waals surface area contributed by atoms with E-state index in [-0.39, 0.29) is 0 Å². The van der Waals surface area contributed by atoms with Crippen molar-refractivity contribution in [1.29, 1.82) is 0 Å². The lowest BCUT2D eigenvalue weighted by molar-refractivity contribution is -0.162. The van der Waals surface area contributed by atoms with E-state index in [2.05, 4.69) is 12.2 Å². The van der Waals surface area contributed by atoms with Gasteiger partial charge in [0.15, 0.2) is 5.92 Å². The van der Waals surface area contributed by atoms with Crippen LogP contribution in [0, 0.1) is 11.8 Å². The molecule has 0 aromatic carbocycles. The van der Waals surface area contributed by atoms with Crippen LogP contribution >= 0.6 is 0 Å². The first-order valence-corrected chi connectivity index (χ1v) is 6.67. The van der Waals surface area contributed by atoms with Gasteiger partial charge in [0.1, 0.15) is 0 Å². The highest BCUT2D eigenvalue weighted by molar-refractivity contribution is 5.94. The molecule has 0 saturated carbocycles. The first-order valence-electron chi connectivity index (χ1n) is 6.67. The molecule has 0 fully saturated rings. The molecule has 0 spiro atoms. The molecule has 0 saturated heterocycles. The van der Waals surface area contributed by atoms with Crippen molar-refractivity contribution in [3.8, 4) is 0 Å². The van der Waals surface area contributed by atoms with Gasteiger partial charge < -0.3 is 9.47 Å². The minimum absolute atomic E-state index is 0.291. The minimum atomic E-state index is -0.763. The third-order valence-electron chi connectivity index (χ3n) is 3.09. The van der Waals surface area contributed by atoms with Crippen molar-refractivity contribution in [2.75, 3.05) is 13.2 Å². The van der Waals surface area contributed by atoms with Crippen LogP contribution in [0.3, 0.4) is 0 Å². The maximum atomic E-state index is 11.8. The Hall–Kier alpha value is -1.32. The Morgan fingerprint density at radius 2 is 1.78 bits per heavy atom. The Kier molecular flexibility index (Phi) is 6.47. The molecular formula is C14H22O4. The number of carbonyl (C=O) groups excluding carboxylic acids is 2. The lowest BCUT2D eigenvalue weighted by Crippen LogP contribution is -2.30. The fourth-order valence-corrected chi connectivity index (χ4v) is 2.18. The molecule has 0 amide bonds. The fourth-order valence-electron chi connectivity index (χ4n) is 2.18. The van der Waals surface area contributed by atoms with E-state index in [0.29, 0.717) is 25.6 Å². The van der Waals surface area contributed by atoms with Gasteiger partial charge in [-0.2, -0.15) is 0 Å². The number of esters is 2. The van der Waals surface area contributed by atoms with Crippen molar-refractivity contribution >= 4 is 11.9 Å². The molecule has 0 aromatic heterocycles. The summed E-state index contributed by atoms with van der Waals surface area (Å²) in [4.78, 5) is 23.6. The van der Waals surface area contributed by atoms with E-state index in [1.165, 1.54) is 0 Å². The van der Waals surface area contributed by atoms with Gasteiger partial charge in [0.2, 0.25) is 0 Å². The highest BCUT2D eigenvalue weighted by Gasteiger charge is 2.32. The quantitative estimate of drug-likeness (QED) is 0.415. The Bertz CT molecular complexity index is 291. The van der Waals surface area contributed by atoms with Gasteiger partial charge in [0, 0.05) is 0 Å². The van der Waals surface area contributed by atoms with Gasteiger partial charge in [-0.25, -0.2) is 0 Å². The molecule has 1 unspecified atom stereocenters. The van der Waals surface area contributed by atoms with Crippen LogP contribution in [-0.4, -0.2) is 25.2 Å². The monoisotopic (exact) mass is 254 g/mol. The zero-order valence-corrected chi connectivity index (χ0v) is 11.2. The van der Waals surface area contributed by atoms with Crippen molar-refractivity contribution in [3.63, 3.8) is 0 Å². The number of ether oxygens (including phenoxy) is 2. The van der Waals surface area contributed by atoms with Gasteiger partial charge in [-0.3, -0.25) is 9.59 Å². The lowest BCUT2D eigenvalue weighted by atomic mass is 9.86. The number of carbonyl (C=O) groups is 2. The van der Waals surface area contributed by atoms with Crippen molar-refractivity contribution in [2.24, 2.45) is 11.8 Å². The van der Waals surface area contributed by atoms with Crippen molar-refractivity contribution < 1.29 is 19.1 Å². The molecule has 1 atom stereocenters. The summed E-state index contributed by atoms with van der Waals surface area (Å²) in [7, 11) is 0. The molecule has 0 bridgehead atoms. The molecule has 4 nitrogen and oxygen atoms in total. The zero-order valence-electron chi connectivity index (χ0n) is 11.2. The van der Waals surface area contributed by atoms with Crippen LogP contribution in [0.15, 0.2) is 12.2 Å². The summed E-state index contributed by atoms with van der Waals surface area (Å²) in [5, 5.41) is 0. The smallest absolute Gasteiger partial charge is 0.320 e. The third-order valence-corrected chi connectivity index (χ3v) is 3.09. The largest absolute Gasteiger partial charge is 0.465 e. The van der Waals surface area contributed by atoms with E-state index >= 15 is 0 Å². The summed E-state index contributed by atoms with van der Waals surface area (Å²) in [6.45, 7) is 4.06. The summed E-state index contributed by atoms with van der Waals surface area (Å²) < 4.78 is 9.91. The normalized spacial score (nSPS) is 18.7. The van der Waals surface area contributed by atoms with E-state index in [4.69, 9.17) is 9.47 Å². The summed E-state index contributed by atoms with van der Waals surface area (Å²) in [5.74, 6) is -1.30. The predicted molar refractivity (Wildman–Crippen MR) is 67.9 cm³/mol. The van der Waals surface area contributed by atoms with E-state index in [1.54, 1.807) is 13.8 Å². The Balaban J connectivity index is 2.61. The third kappa shape index (κ3) is 4.51. The topological polar surface area (TPSA) is 52.6 Å². The van der Waals surface area contributed by atoms with Crippen LogP contribution in [0.5, 0.6) is 0 Å². The molecule has 0 heterocycles. The maximum absolute atomic E-state index is 11.8. The second-order valence-corrected chi connectivity index (χ2v) is 4.44. The Morgan fingerprint density at radius 1 is 1.17 bits per heavy atom. The average molecular weight is 254 g/mol. The predicted octanol–water partition coefficient (Wildman–Crippen LogP) is 2.48. The van der Waals surface area contributed by atoms with Gasteiger partial charge >= 0.3 is 11.9 Å². The highest BCUT2D eigenvalue weighted by Crippen LogP contribution is 2.26. The summed E-state index contributed by atoms with van der Waals surface area (Å²) in [5.41, 5.74) is 0. The fraction of sp³-hybridized carbons (Fsp3) is 0.714. The maximum Gasteiger partial charge on any atom is 0.320 e. The number of rotatable bonds is 6. The molecule has 1 rings (SSSR count). The average Bonchev–Trinajstić information content (AvgIpc) is 2.37. The van der Waals surface area contributed by atoms with Crippen LogP contribution in [0.1, 0.15) is 39.5 Å². The van der Waals surface area contributed by atoms with Crippen LogP contribution in [-0.2, 0) is 19.1 Å². The SMILES string of the molecule is CCOC(=O)C(CC1CC=CCC1)C(=O)OCC. The van der Waals surface area contributed by atoms with Crippen molar-refractivity contribution in [1.82, 2.24) is 0 Å². The van der Waals surface area contributed by atoms with E-state index in [0.717, 1.165) is 19.3 Å². The van der Waals surface area contributed by atoms with Gasteiger partial charge in [-0.05, 0) is 45.4 Å². The van der Waals surface area contributed by atoms with Gasteiger partial charge in [-0.15, -0.1) is 0 Å². The lowest BCUT2D eigenvalue weighted by Gasteiger charge is -2.22. The van der Waals surface area contributed by atoms with E-state index in [9.17, 15) is 9.59 Å². The number of hydrogen-bond acceptors (Lipinski definition) is 4. The molecule has 0 aromatic rings. The Morgan fingerprint density at radius 3 is 2.22 bits per heavy atom. The van der Waals surface area contributed by atoms with Crippen LogP contribution in [0.4, 0.5) is 0 Å². The Labute approximate surface area is 108 Å². The first kappa shape index (κ1) is 14.7. The summed E-state index contributed by atoms with van der Waals surface area (Å²) in [6.07, 6.45) is 7.74.